The Bertz CT molecular complexity index is 436. The molecule has 0 amide bonds. The molecule has 0 aliphatic carbocycles. The van der Waals surface area contributed by atoms with Crippen LogP contribution in [0.1, 0.15) is 5.56 Å². The van der Waals surface area contributed by atoms with Crippen molar-refractivity contribution >= 4 is 26.9 Å². The van der Waals surface area contributed by atoms with E-state index in [0.29, 0.717) is 0 Å². The molecular weight excluding hydrogens is 242 g/mol. The van der Waals surface area contributed by atoms with Crippen LogP contribution in [0.2, 0.25) is 0 Å². The molecule has 1 aromatic heterocycles. The first-order chi connectivity index (χ1) is 6.83. The fraction of sp³-hybridized carbons (Fsp3) is 0.273. The second-order valence-electron chi connectivity index (χ2n) is 3.23. The van der Waals surface area contributed by atoms with Crippen LogP contribution in [-0.2, 0) is 6.42 Å². The fourth-order valence-corrected chi connectivity index (χ4v) is 2.15. The van der Waals surface area contributed by atoms with Crippen molar-refractivity contribution in [3.05, 3.63) is 34.5 Å². The van der Waals surface area contributed by atoms with Crippen molar-refractivity contribution in [3.63, 3.8) is 0 Å². The van der Waals surface area contributed by atoms with E-state index in [1.165, 1.54) is 10.9 Å². The summed E-state index contributed by atoms with van der Waals surface area (Å²) in [5, 5.41) is 4.33. The van der Waals surface area contributed by atoms with E-state index in [2.05, 4.69) is 21.2 Å². The highest BCUT2D eigenvalue weighted by Crippen LogP contribution is 2.28. The summed E-state index contributed by atoms with van der Waals surface area (Å²) in [5.74, 6) is 0. The normalized spacial score (nSPS) is 11.0. The zero-order chi connectivity index (χ0) is 9.97. The molecule has 2 rings (SSSR count). The second kappa shape index (κ2) is 4.15. The third-order valence-electron chi connectivity index (χ3n) is 2.27. The molecule has 14 heavy (non-hydrogen) atoms. The Hall–Kier alpha value is -0.800. The Morgan fingerprint density at radius 2 is 2.29 bits per heavy atom. The summed E-state index contributed by atoms with van der Waals surface area (Å²) in [4.78, 5) is 0. The predicted molar refractivity (Wildman–Crippen MR) is 61.5 cm³/mol. The SMILES string of the molecule is CNCCc1coc2cccc(Br)c12. The molecule has 0 saturated carbocycles. The number of rotatable bonds is 3. The number of hydrogen-bond acceptors (Lipinski definition) is 2. The van der Waals surface area contributed by atoms with Crippen LogP contribution in [0.4, 0.5) is 0 Å². The Labute approximate surface area is 91.4 Å². The summed E-state index contributed by atoms with van der Waals surface area (Å²) in [7, 11) is 1.96. The lowest BCUT2D eigenvalue weighted by Gasteiger charge is -1.98. The van der Waals surface area contributed by atoms with Crippen molar-refractivity contribution in [1.82, 2.24) is 5.32 Å². The van der Waals surface area contributed by atoms with Crippen LogP contribution >= 0.6 is 15.9 Å². The maximum Gasteiger partial charge on any atom is 0.135 e. The Morgan fingerprint density at radius 1 is 1.43 bits per heavy atom. The van der Waals surface area contributed by atoms with Gasteiger partial charge in [0.05, 0.1) is 6.26 Å². The third-order valence-corrected chi connectivity index (χ3v) is 2.93. The number of halogens is 1. The van der Waals surface area contributed by atoms with Gasteiger partial charge in [-0.2, -0.15) is 0 Å². The van der Waals surface area contributed by atoms with E-state index in [0.717, 1.165) is 23.0 Å². The average molecular weight is 254 g/mol. The van der Waals surface area contributed by atoms with Crippen molar-refractivity contribution in [2.45, 2.75) is 6.42 Å². The Morgan fingerprint density at radius 3 is 3.07 bits per heavy atom. The lowest BCUT2D eigenvalue weighted by molar-refractivity contribution is 0.608. The zero-order valence-electron chi connectivity index (χ0n) is 8.01. The molecule has 0 saturated heterocycles. The third kappa shape index (κ3) is 1.70. The monoisotopic (exact) mass is 253 g/mol. The smallest absolute Gasteiger partial charge is 0.135 e. The van der Waals surface area contributed by atoms with E-state index in [9.17, 15) is 0 Å². The minimum atomic E-state index is 0.950. The van der Waals surface area contributed by atoms with Gasteiger partial charge in [0.2, 0.25) is 0 Å². The summed E-state index contributed by atoms with van der Waals surface area (Å²) >= 11 is 3.54. The number of benzene rings is 1. The van der Waals surface area contributed by atoms with Crippen LogP contribution in [0.15, 0.2) is 33.4 Å². The lowest BCUT2D eigenvalue weighted by Crippen LogP contribution is -2.09. The molecule has 0 bridgehead atoms. The molecule has 1 aromatic carbocycles. The van der Waals surface area contributed by atoms with E-state index in [-0.39, 0.29) is 0 Å². The van der Waals surface area contributed by atoms with Crippen LogP contribution in [-0.4, -0.2) is 13.6 Å². The van der Waals surface area contributed by atoms with Gasteiger partial charge in [-0.25, -0.2) is 0 Å². The molecule has 0 fully saturated rings. The van der Waals surface area contributed by atoms with Gasteiger partial charge in [-0.05, 0) is 32.1 Å². The highest BCUT2D eigenvalue weighted by Gasteiger charge is 2.07. The number of fused-ring (bicyclic) bond motifs is 1. The molecule has 0 atom stereocenters. The molecule has 0 spiro atoms. The summed E-state index contributed by atoms with van der Waals surface area (Å²) in [5.41, 5.74) is 2.20. The first-order valence-electron chi connectivity index (χ1n) is 4.62. The largest absolute Gasteiger partial charge is 0.464 e. The first kappa shape index (κ1) is 9.74. The molecule has 0 unspecified atom stereocenters. The number of furan rings is 1. The minimum Gasteiger partial charge on any atom is -0.464 e. The molecule has 0 radical (unpaired) electrons. The minimum absolute atomic E-state index is 0.950. The van der Waals surface area contributed by atoms with Gasteiger partial charge in [0.25, 0.3) is 0 Å². The highest BCUT2D eigenvalue weighted by molar-refractivity contribution is 9.10. The predicted octanol–water partition coefficient (Wildman–Crippen LogP) is 2.96. The van der Waals surface area contributed by atoms with Crippen molar-refractivity contribution in [2.24, 2.45) is 0 Å². The van der Waals surface area contributed by atoms with E-state index in [1.807, 2.05) is 31.5 Å². The Balaban J connectivity index is 2.45. The molecule has 3 heteroatoms. The van der Waals surface area contributed by atoms with Crippen molar-refractivity contribution < 1.29 is 4.42 Å². The topological polar surface area (TPSA) is 25.2 Å². The summed E-state index contributed by atoms with van der Waals surface area (Å²) in [6, 6.07) is 6.02. The van der Waals surface area contributed by atoms with Gasteiger partial charge in [-0.3, -0.25) is 0 Å². The molecular formula is C11H12BrNO. The molecule has 0 aliphatic rings. The molecule has 1 heterocycles. The lowest BCUT2D eigenvalue weighted by atomic mass is 10.1. The summed E-state index contributed by atoms with van der Waals surface area (Å²) < 4.78 is 6.58. The molecule has 2 nitrogen and oxygen atoms in total. The van der Waals surface area contributed by atoms with Crippen LogP contribution in [0.5, 0.6) is 0 Å². The zero-order valence-corrected chi connectivity index (χ0v) is 9.60. The van der Waals surface area contributed by atoms with Gasteiger partial charge in [0, 0.05) is 15.4 Å². The van der Waals surface area contributed by atoms with Gasteiger partial charge < -0.3 is 9.73 Å². The number of hydrogen-bond donors (Lipinski definition) is 1. The van der Waals surface area contributed by atoms with E-state index in [1.54, 1.807) is 0 Å². The molecule has 74 valence electrons. The first-order valence-corrected chi connectivity index (χ1v) is 5.41. The van der Waals surface area contributed by atoms with Gasteiger partial charge in [-0.1, -0.05) is 22.0 Å². The molecule has 0 aliphatic heterocycles. The van der Waals surface area contributed by atoms with Crippen molar-refractivity contribution in [1.29, 1.82) is 0 Å². The van der Waals surface area contributed by atoms with Crippen LogP contribution in [0.3, 0.4) is 0 Å². The van der Waals surface area contributed by atoms with Crippen LogP contribution in [0.25, 0.3) is 11.0 Å². The maximum atomic E-state index is 5.47. The van der Waals surface area contributed by atoms with Crippen molar-refractivity contribution in [2.75, 3.05) is 13.6 Å². The van der Waals surface area contributed by atoms with Gasteiger partial charge >= 0.3 is 0 Å². The Kier molecular flexibility index (Phi) is 2.89. The number of likely N-dealkylation sites (N-methyl/N-ethyl adjacent to an activating group) is 1. The molecule has 2 aromatic rings. The standard InChI is InChI=1S/C11H12BrNO/c1-13-6-5-8-7-14-10-4-2-3-9(12)11(8)10/h2-4,7,13H,5-6H2,1H3. The fourth-order valence-electron chi connectivity index (χ4n) is 1.55. The quantitative estimate of drug-likeness (QED) is 0.910. The average Bonchev–Trinajstić information content (AvgIpc) is 2.59. The van der Waals surface area contributed by atoms with Crippen molar-refractivity contribution in [3.8, 4) is 0 Å². The van der Waals surface area contributed by atoms with Gasteiger partial charge in [0.1, 0.15) is 5.58 Å². The van der Waals surface area contributed by atoms with Crippen LogP contribution < -0.4 is 5.32 Å². The maximum absolute atomic E-state index is 5.47. The van der Waals surface area contributed by atoms with Gasteiger partial charge in [0.15, 0.2) is 0 Å². The highest BCUT2D eigenvalue weighted by atomic mass is 79.9. The summed E-state index contributed by atoms with van der Waals surface area (Å²) in [6.07, 6.45) is 2.83. The van der Waals surface area contributed by atoms with E-state index < -0.39 is 0 Å². The van der Waals surface area contributed by atoms with Gasteiger partial charge in [-0.15, -0.1) is 0 Å². The van der Waals surface area contributed by atoms with E-state index in [4.69, 9.17) is 4.42 Å². The van der Waals surface area contributed by atoms with E-state index >= 15 is 0 Å². The molecule has 1 N–H and O–H groups in total. The number of nitrogens with one attached hydrogen (secondary N) is 1. The summed E-state index contributed by atoms with van der Waals surface area (Å²) in [6.45, 7) is 0.968. The van der Waals surface area contributed by atoms with Crippen LogP contribution in [0, 0.1) is 0 Å². The second-order valence-corrected chi connectivity index (χ2v) is 4.08.